The standard InChI is InChI=1S/Al.H4SiTe.Sr.5H/c;1-2;;;;;;/h;2H,1H3;;;;;;/q;;+2;;;;2*-1. The Balaban J connectivity index is -0.000000000833. The summed E-state index contributed by atoms with van der Waals surface area (Å²) in [6.07, 6.45) is 0. The summed E-state index contributed by atoms with van der Waals surface area (Å²) in [6, 6.07) is 0. The summed E-state index contributed by atoms with van der Waals surface area (Å²) in [6.45, 7) is 0. The Morgan fingerprint density at radius 3 is 1.50 bits per heavy atom. The van der Waals surface area contributed by atoms with Crippen LogP contribution in [-0.4, -0.2) is 92.1 Å². The third-order valence-corrected chi connectivity index (χ3v) is 0. The van der Waals surface area contributed by atoms with E-state index in [9.17, 15) is 0 Å². The van der Waals surface area contributed by atoms with Gasteiger partial charge in [-0.2, -0.15) is 0 Å². The molecule has 0 radical (unpaired) electrons. The Bertz CT molecular complexity index is 13.5. The maximum absolute atomic E-state index is 1.89. The molecule has 0 aromatic rings. The van der Waals surface area contributed by atoms with E-state index in [0.29, 0.717) is 0 Å². The van der Waals surface area contributed by atoms with Crippen molar-refractivity contribution in [2.45, 2.75) is 0 Å². The quantitative estimate of drug-likeness (QED) is 0.411. The van der Waals surface area contributed by atoms with Crippen LogP contribution in [0.1, 0.15) is 2.85 Å². The molecule has 0 aromatic carbocycles. The zero-order valence-electron chi connectivity index (χ0n) is 4.15. The molecule has 0 aliphatic heterocycles. The van der Waals surface area contributed by atoms with E-state index in [2.05, 4.69) is 0 Å². The van der Waals surface area contributed by atoms with Crippen LogP contribution in [0.4, 0.5) is 0 Å². The second-order valence-corrected chi connectivity index (χ2v) is 0. The third kappa shape index (κ3) is 8.89. The van der Waals surface area contributed by atoms with Crippen LogP contribution < -0.4 is 0 Å². The van der Waals surface area contributed by atoms with Crippen molar-refractivity contribution in [2.75, 3.05) is 0 Å². The molecule has 4 heavy (non-hydrogen) atoms. The van der Waals surface area contributed by atoms with Crippen molar-refractivity contribution in [3.05, 3.63) is 0 Å². The van der Waals surface area contributed by atoms with Gasteiger partial charge in [0, 0.05) is 0 Å². The average molecular weight is 279 g/mol. The second-order valence-electron chi connectivity index (χ2n) is 0. The van der Waals surface area contributed by atoms with E-state index >= 15 is 0 Å². The van der Waals surface area contributed by atoms with Gasteiger partial charge in [0.1, 0.15) is 0 Å². The molecular formula is H9AlSiSrTe. The molecule has 4 heteroatoms. The van der Waals surface area contributed by atoms with Crippen LogP contribution >= 0.6 is 0 Å². The van der Waals surface area contributed by atoms with Gasteiger partial charge in [0.05, 0.1) is 0 Å². The van der Waals surface area contributed by atoms with E-state index in [0.717, 1.165) is 0 Å². The summed E-state index contributed by atoms with van der Waals surface area (Å²) >= 11 is 1.89. The van der Waals surface area contributed by atoms with E-state index in [1.807, 2.05) is 21.5 Å². The Hall–Kier alpha value is 3.02. The first-order valence-electron chi connectivity index (χ1n) is 0.447. The minimum atomic E-state index is 0. The molecule has 0 nitrogen and oxygen atoms in total. The molecule has 0 heterocycles. The molecule has 0 atom stereocenters. The monoisotopic (exact) mass is 282 g/mol. The van der Waals surface area contributed by atoms with Crippen LogP contribution in [0.2, 0.25) is 0 Å². The molecule has 0 unspecified atom stereocenters. The largest absolute Gasteiger partial charge is 2.00 e. The van der Waals surface area contributed by atoms with E-state index in [1.54, 1.807) is 0 Å². The fraction of sp³-hybridized carbons (Fsp3) is 0. The minimum absolute atomic E-state index is 0. The molecule has 0 N–H and O–H groups in total. The molecule has 0 spiro atoms. The Kier molecular flexibility index (Phi) is 65.5. The number of hydrogen-bond donors (Lipinski definition) is 0. The van der Waals surface area contributed by atoms with Gasteiger partial charge in [0.15, 0.2) is 17.4 Å². The van der Waals surface area contributed by atoms with Crippen molar-refractivity contribution in [1.29, 1.82) is 0 Å². The summed E-state index contributed by atoms with van der Waals surface area (Å²) in [5, 5.41) is 0. The molecule has 0 amide bonds. The Labute approximate surface area is 92.9 Å². The van der Waals surface area contributed by atoms with Gasteiger partial charge in [-0.25, -0.2) is 0 Å². The predicted molar refractivity (Wildman–Crippen MR) is 35.0 cm³/mol. The average Bonchev–Trinajstić information content (AvgIpc) is 1.00. The SMILES string of the molecule is [AlH3].[H-].[H-].[SiH3][TeH].[Sr+2]. The van der Waals surface area contributed by atoms with Gasteiger partial charge in [0.2, 0.25) is 0 Å². The first-order valence-corrected chi connectivity index (χ1v) is 9.00. The van der Waals surface area contributed by atoms with Gasteiger partial charge in [-0.1, -0.05) is 0 Å². The minimum Gasteiger partial charge on any atom is 2.00 e. The Morgan fingerprint density at radius 2 is 1.50 bits per heavy atom. The van der Waals surface area contributed by atoms with Crippen molar-refractivity contribution in [1.82, 2.24) is 0 Å². The van der Waals surface area contributed by atoms with Crippen LogP contribution in [0.5, 0.6) is 0 Å². The second kappa shape index (κ2) is 16.6. The maximum Gasteiger partial charge on any atom is 2.00 e. The van der Waals surface area contributed by atoms with Gasteiger partial charge in [-0.3, -0.25) is 0 Å². The molecule has 0 saturated carbocycles. The maximum atomic E-state index is 1.89. The fourth-order valence-electron chi connectivity index (χ4n) is 0. The van der Waals surface area contributed by atoms with Gasteiger partial charge in [-0.15, -0.1) is 0 Å². The van der Waals surface area contributed by atoms with Crippen molar-refractivity contribution in [2.24, 2.45) is 0 Å². The van der Waals surface area contributed by atoms with Crippen molar-refractivity contribution >= 4 is 92.1 Å². The molecular weight excluding hydrogens is 270 g/mol. The molecule has 0 rings (SSSR count). The van der Waals surface area contributed by atoms with Gasteiger partial charge >= 0.3 is 74.8 Å². The van der Waals surface area contributed by atoms with Gasteiger partial charge in [0.25, 0.3) is 0 Å². The van der Waals surface area contributed by atoms with Crippen molar-refractivity contribution < 1.29 is 2.85 Å². The van der Waals surface area contributed by atoms with Crippen molar-refractivity contribution in [3.8, 4) is 0 Å². The van der Waals surface area contributed by atoms with Crippen molar-refractivity contribution in [3.63, 3.8) is 0 Å². The van der Waals surface area contributed by atoms with E-state index < -0.39 is 0 Å². The summed E-state index contributed by atoms with van der Waals surface area (Å²) in [5.41, 5.74) is 0. The van der Waals surface area contributed by atoms with Crippen LogP contribution in [-0.2, 0) is 0 Å². The number of rotatable bonds is 0. The van der Waals surface area contributed by atoms with E-state index in [1.165, 1.54) is 7.79 Å². The van der Waals surface area contributed by atoms with Crippen LogP contribution in [0.3, 0.4) is 0 Å². The predicted octanol–water partition coefficient (Wildman–Crippen LogP) is -3.17. The van der Waals surface area contributed by atoms with Gasteiger partial charge in [-0.05, 0) is 0 Å². The van der Waals surface area contributed by atoms with E-state index in [-0.39, 0.29) is 65.7 Å². The zero-order chi connectivity index (χ0) is 2.00. The topological polar surface area (TPSA) is 0 Å². The van der Waals surface area contributed by atoms with Crippen LogP contribution in [0, 0.1) is 0 Å². The Morgan fingerprint density at radius 1 is 1.50 bits per heavy atom. The van der Waals surface area contributed by atoms with Gasteiger partial charge < -0.3 is 2.85 Å². The normalized spacial score (nSPS) is 2.25. The molecule has 0 aliphatic carbocycles. The molecule has 0 saturated heterocycles. The molecule has 0 bridgehead atoms. The molecule has 0 fully saturated rings. The fourth-order valence-corrected chi connectivity index (χ4v) is 0. The summed E-state index contributed by atoms with van der Waals surface area (Å²) in [7, 11) is 1.36. The molecule has 0 aliphatic rings. The third-order valence-electron chi connectivity index (χ3n) is 0. The first kappa shape index (κ1) is 15.7. The van der Waals surface area contributed by atoms with Crippen LogP contribution in [0.15, 0.2) is 0 Å². The summed E-state index contributed by atoms with van der Waals surface area (Å²) in [4.78, 5) is 0. The first-order chi connectivity index (χ1) is 1.00. The van der Waals surface area contributed by atoms with Crippen LogP contribution in [0.25, 0.3) is 0 Å². The molecule has 24 valence electrons. The van der Waals surface area contributed by atoms with E-state index in [4.69, 9.17) is 0 Å². The smallest absolute Gasteiger partial charge is 2.00 e. The number of hydrogen-bond acceptors (Lipinski definition) is 0. The summed E-state index contributed by atoms with van der Waals surface area (Å²) < 4.78 is 0. The summed E-state index contributed by atoms with van der Waals surface area (Å²) in [5.74, 6) is 0. The zero-order valence-corrected chi connectivity index (χ0v) is 10.2. The molecule has 0 aromatic heterocycles.